The third-order valence-electron chi connectivity index (χ3n) is 16.9. The van der Waals surface area contributed by atoms with Crippen molar-refractivity contribution in [3.8, 4) is 55.6 Å². The highest BCUT2D eigenvalue weighted by Crippen LogP contribution is 2.59. The first kappa shape index (κ1) is 49.3. The molecular weight excluding hydrogens is 1000 g/mol. The zero-order chi connectivity index (χ0) is 55.1. The molecule has 15 rings (SSSR count). The van der Waals surface area contributed by atoms with E-state index in [9.17, 15) is 0 Å². The molecule has 0 fully saturated rings. The summed E-state index contributed by atoms with van der Waals surface area (Å²) >= 11 is 0. The number of rotatable bonds is 12. The van der Waals surface area contributed by atoms with Crippen LogP contribution in [0.5, 0.6) is 0 Å². The zero-order valence-corrected chi connectivity index (χ0v) is 45.7. The molecular formula is C81H56N2. The maximum absolute atomic E-state index is 2.55. The Morgan fingerprint density at radius 1 is 0.217 bits per heavy atom. The second-order valence-electron chi connectivity index (χ2n) is 21.5. The lowest BCUT2D eigenvalue weighted by Gasteiger charge is -2.36. The average molecular weight is 1060 g/mol. The van der Waals surface area contributed by atoms with Gasteiger partial charge in [-0.1, -0.05) is 273 Å². The first-order chi connectivity index (χ1) is 41.2. The van der Waals surface area contributed by atoms with Crippen LogP contribution in [0.25, 0.3) is 77.2 Å². The fourth-order valence-electron chi connectivity index (χ4n) is 13.2. The van der Waals surface area contributed by atoms with Gasteiger partial charge in [-0.2, -0.15) is 0 Å². The van der Waals surface area contributed by atoms with Gasteiger partial charge in [0.25, 0.3) is 0 Å². The number of para-hydroxylation sites is 2. The van der Waals surface area contributed by atoms with Crippen LogP contribution in [0.1, 0.15) is 22.3 Å². The monoisotopic (exact) mass is 1060 g/mol. The zero-order valence-electron chi connectivity index (χ0n) is 45.7. The first-order valence-electron chi connectivity index (χ1n) is 28.7. The Hall–Kier alpha value is -10.8. The van der Waals surface area contributed by atoms with E-state index >= 15 is 0 Å². The summed E-state index contributed by atoms with van der Waals surface area (Å²) in [7, 11) is 0. The molecule has 0 aromatic heterocycles. The number of anilines is 6. The molecule has 14 aromatic rings. The Bertz CT molecular complexity index is 4560. The van der Waals surface area contributed by atoms with E-state index in [1.54, 1.807) is 0 Å². The lowest BCUT2D eigenvalue weighted by molar-refractivity contribution is 0.768. The normalized spacial score (nSPS) is 12.2. The van der Waals surface area contributed by atoms with Crippen molar-refractivity contribution < 1.29 is 0 Å². The molecule has 0 amide bonds. The van der Waals surface area contributed by atoms with Gasteiger partial charge in [-0.15, -0.1) is 0 Å². The van der Waals surface area contributed by atoms with Crippen LogP contribution in [-0.4, -0.2) is 0 Å². The van der Waals surface area contributed by atoms with E-state index in [1.807, 2.05) is 0 Å². The van der Waals surface area contributed by atoms with Gasteiger partial charge in [0, 0.05) is 34.0 Å². The number of nitrogens with zero attached hydrogens (tertiary/aromatic N) is 2. The van der Waals surface area contributed by atoms with Crippen LogP contribution in [0.3, 0.4) is 0 Å². The highest BCUT2D eigenvalue weighted by molar-refractivity contribution is 6.08. The van der Waals surface area contributed by atoms with Crippen molar-refractivity contribution in [1.82, 2.24) is 0 Å². The van der Waals surface area contributed by atoms with Gasteiger partial charge in [0.05, 0.1) is 11.1 Å². The maximum Gasteiger partial charge on any atom is 0.0714 e. The second kappa shape index (κ2) is 21.0. The standard InChI is InChI=1S/C81H56N2/c1-8-26-57(27-9-1)62-45-49-74-75-50-47-68(56-77(75)81(76(74)54-62,64-34-14-4-15-35-64)65-36-16-5-17-37-65)83(78-51-46-59-29-23-25-43-72(59)80(78)61-32-12-3-13-33-61)70-53-63(52-69(55-70)82(66-38-18-6-19-39-66)67-40-20-7-21-41-67)73-48-44-58-28-22-24-42-71(58)79(73)60-30-10-2-11-31-60/h1-56H. The Balaban J connectivity index is 1.07. The lowest BCUT2D eigenvalue weighted by atomic mass is 9.67. The van der Waals surface area contributed by atoms with Gasteiger partial charge in [-0.25, -0.2) is 0 Å². The largest absolute Gasteiger partial charge is 0.310 e. The highest BCUT2D eigenvalue weighted by Gasteiger charge is 2.47. The number of fused-ring (bicyclic) bond motifs is 5. The number of benzene rings is 14. The third-order valence-corrected chi connectivity index (χ3v) is 16.9. The average Bonchev–Trinajstić information content (AvgIpc) is 2.33. The molecule has 14 aromatic carbocycles. The first-order valence-corrected chi connectivity index (χ1v) is 28.7. The van der Waals surface area contributed by atoms with Crippen LogP contribution in [0.2, 0.25) is 0 Å². The molecule has 0 saturated carbocycles. The molecule has 83 heavy (non-hydrogen) atoms. The van der Waals surface area contributed by atoms with Crippen molar-refractivity contribution in [2.24, 2.45) is 0 Å². The van der Waals surface area contributed by atoms with Crippen molar-refractivity contribution in [1.29, 1.82) is 0 Å². The van der Waals surface area contributed by atoms with Gasteiger partial charge in [0.2, 0.25) is 0 Å². The molecule has 390 valence electrons. The summed E-state index contributed by atoms with van der Waals surface area (Å²) in [5, 5.41) is 4.76. The van der Waals surface area contributed by atoms with Crippen LogP contribution < -0.4 is 9.80 Å². The minimum Gasteiger partial charge on any atom is -0.310 e. The van der Waals surface area contributed by atoms with Gasteiger partial charge < -0.3 is 9.80 Å². The summed E-state index contributed by atoms with van der Waals surface area (Å²) in [4.78, 5) is 4.96. The Kier molecular flexibility index (Phi) is 12.5. The Morgan fingerprint density at radius 3 is 1.20 bits per heavy atom. The van der Waals surface area contributed by atoms with E-state index < -0.39 is 5.41 Å². The minimum absolute atomic E-state index is 0.689. The molecule has 0 heterocycles. The fourth-order valence-corrected chi connectivity index (χ4v) is 13.2. The quantitative estimate of drug-likeness (QED) is 0.120. The minimum atomic E-state index is -0.689. The summed E-state index contributed by atoms with van der Waals surface area (Å²) in [6.45, 7) is 0. The topological polar surface area (TPSA) is 6.48 Å². The summed E-state index contributed by atoms with van der Waals surface area (Å²) < 4.78 is 0. The van der Waals surface area contributed by atoms with Crippen LogP contribution in [-0.2, 0) is 5.41 Å². The molecule has 1 aliphatic rings. The molecule has 2 heteroatoms. The van der Waals surface area contributed by atoms with E-state index in [0.717, 1.165) is 56.4 Å². The van der Waals surface area contributed by atoms with E-state index in [2.05, 4.69) is 350 Å². The summed E-state index contributed by atoms with van der Waals surface area (Å²) in [6, 6.07) is 125. The van der Waals surface area contributed by atoms with Gasteiger partial charge >= 0.3 is 0 Å². The fraction of sp³-hybridized carbons (Fsp3) is 0.0123. The van der Waals surface area contributed by atoms with E-state index in [4.69, 9.17) is 0 Å². The van der Waals surface area contributed by atoms with Gasteiger partial charge in [-0.3, -0.25) is 0 Å². The molecule has 1 aliphatic carbocycles. The lowest BCUT2D eigenvalue weighted by Crippen LogP contribution is -2.29. The number of hydrogen-bond donors (Lipinski definition) is 0. The number of hydrogen-bond acceptors (Lipinski definition) is 2. The molecule has 0 bridgehead atoms. The Labute approximate surface area is 485 Å². The van der Waals surface area contributed by atoms with Gasteiger partial charge in [-0.05, 0) is 161 Å². The van der Waals surface area contributed by atoms with Gasteiger partial charge in [0.15, 0.2) is 0 Å². The van der Waals surface area contributed by atoms with Crippen molar-refractivity contribution in [3.63, 3.8) is 0 Å². The van der Waals surface area contributed by atoms with Crippen molar-refractivity contribution >= 4 is 55.7 Å². The summed E-state index contributed by atoms with van der Waals surface area (Å²) in [6.07, 6.45) is 0. The molecule has 0 aliphatic heterocycles. The van der Waals surface area contributed by atoms with Crippen molar-refractivity contribution in [3.05, 3.63) is 362 Å². The molecule has 0 radical (unpaired) electrons. The molecule has 0 N–H and O–H groups in total. The van der Waals surface area contributed by atoms with Crippen LogP contribution in [0.4, 0.5) is 34.1 Å². The van der Waals surface area contributed by atoms with Crippen LogP contribution in [0.15, 0.2) is 340 Å². The van der Waals surface area contributed by atoms with Gasteiger partial charge in [0.1, 0.15) is 0 Å². The Morgan fingerprint density at radius 2 is 0.639 bits per heavy atom. The highest BCUT2D eigenvalue weighted by atomic mass is 15.2. The molecule has 2 nitrogen and oxygen atoms in total. The SMILES string of the molecule is c1ccc(-c2ccc3c(c2)C(c2ccccc2)(c2ccccc2)c2cc(N(c4cc(-c5ccc6ccccc6c5-c5ccccc5)cc(N(c5ccccc5)c5ccccc5)c4)c4ccc5ccccc5c4-c4ccccc4)ccc2-3)cc1. The molecule has 0 spiro atoms. The van der Waals surface area contributed by atoms with E-state index in [-0.39, 0.29) is 0 Å². The van der Waals surface area contributed by atoms with E-state index in [0.29, 0.717) is 0 Å². The van der Waals surface area contributed by atoms with Crippen molar-refractivity contribution in [2.75, 3.05) is 9.80 Å². The van der Waals surface area contributed by atoms with Crippen molar-refractivity contribution in [2.45, 2.75) is 5.41 Å². The van der Waals surface area contributed by atoms with Crippen LogP contribution >= 0.6 is 0 Å². The maximum atomic E-state index is 2.55. The summed E-state index contributed by atoms with van der Waals surface area (Å²) in [5.74, 6) is 0. The third kappa shape index (κ3) is 8.59. The van der Waals surface area contributed by atoms with Crippen LogP contribution in [0, 0.1) is 0 Å². The predicted octanol–water partition coefficient (Wildman–Crippen LogP) is 22.0. The summed E-state index contributed by atoms with van der Waals surface area (Å²) in [5.41, 5.74) is 22.2. The smallest absolute Gasteiger partial charge is 0.0714 e. The molecule has 0 saturated heterocycles. The van der Waals surface area contributed by atoms with E-state index in [1.165, 1.54) is 77.2 Å². The predicted molar refractivity (Wildman–Crippen MR) is 350 cm³/mol. The second-order valence-corrected chi connectivity index (χ2v) is 21.5. The molecule has 0 unspecified atom stereocenters. The molecule has 0 atom stereocenters.